The summed E-state index contributed by atoms with van der Waals surface area (Å²) in [5.41, 5.74) is -0.435. The predicted octanol–water partition coefficient (Wildman–Crippen LogP) is 6.09. The monoisotopic (exact) mass is 450 g/mol. The number of nitrogens with one attached hydrogen (secondary N) is 1. The van der Waals surface area contributed by atoms with Crippen LogP contribution in [0, 0.1) is 5.92 Å². The van der Waals surface area contributed by atoms with Crippen LogP contribution in [-0.4, -0.2) is 29.4 Å². The van der Waals surface area contributed by atoms with Gasteiger partial charge in [-0.15, -0.1) is 0 Å². The number of nitrogens with zero attached hydrogens (tertiary/aromatic N) is 1. The molecule has 7 heteroatoms. The van der Waals surface area contributed by atoms with Crippen molar-refractivity contribution in [3.05, 3.63) is 70.2 Å². The first-order valence-corrected chi connectivity index (χ1v) is 11.1. The van der Waals surface area contributed by atoms with Crippen LogP contribution in [0.25, 0.3) is 0 Å². The summed E-state index contributed by atoms with van der Waals surface area (Å²) in [7, 11) is 0. The van der Waals surface area contributed by atoms with E-state index in [9.17, 15) is 18.0 Å². The SMILES string of the molecule is CCN1CC2CCCC1(C(NC(=O)c1cccc(C(F)(F)F)c1Cl)c1ccccc1)C2. The first-order chi connectivity index (χ1) is 14.8. The maximum atomic E-state index is 13.3. The number of benzene rings is 2. The highest BCUT2D eigenvalue weighted by Crippen LogP contribution is 2.50. The Morgan fingerprint density at radius 1 is 1.23 bits per heavy atom. The zero-order valence-corrected chi connectivity index (χ0v) is 18.1. The van der Waals surface area contributed by atoms with Crippen molar-refractivity contribution >= 4 is 17.5 Å². The van der Waals surface area contributed by atoms with E-state index in [0.717, 1.165) is 44.0 Å². The molecule has 0 spiro atoms. The Morgan fingerprint density at radius 3 is 2.65 bits per heavy atom. The Morgan fingerprint density at radius 2 is 1.97 bits per heavy atom. The second kappa shape index (κ2) is 8.47. The van der Waals surface area contributed by atoms with Crippen molar-refractivity contribution in [2.24, 2.45) is 5.92 Å². The Kier molecular flexibility index (Phi) is 6.05. The molecule has 2 aliphatic rings. The number of carbonyl (C=O) groups excluding carboxylic acids is 1. The van der Waals surface area contributed by atoms with Crippen LogP contribution in [0.3, 0.4) is 0 Å². The third-order valence-corrected chi connectivity index (χ3v) is 7.26. The van der Waals surface area contributed by atoms with Gasteiger partial charge in [0, 0.05) is 12.1 Å². The summed E-state index contributed by atoms with van der Waals surface area (Å²) in [6, 6.07) is 12.9. The number of fused-ring (bicyclic) bond motifs is 2. The topological polar surface area (TPSA) is 32.3 Å². The Balaban J connectivity index is 1.73. The molecule has 1 aliphatic carbocycles. The van der Waals surface area contributed by atoms with E-state index in [1.807, 2.05) is 30.3 Å². The van der Waals surface area contributed by atoms with E-state index in [1.54, 1.807) is 0 Å². The average Bonchev–Trinajstić information content (AvgIpc) is 3.01. The number of likely N-dealkylation sites (tertiary alicyclic amines) is 1. The van der Waals surface area contributed by atoms with Crippen molar-refractivity contribution in [3.63, 3.8) is 0 Å². The lowest BCUT2D eigenvalue weighted by molar-refractivity contribution is -0.137. The van der Waals surface area contributed by atoms with Gasteiger partial charge in [-0.1, -0.05) is 61.3 Å². The van der Waals surface area contributed by atoms with Gasteiger partial charge in [0.15, 0.2) is 0 Å². The van der Waals surface area contributed by atoms with Crippen LogP contribution in [-0.2, 0) is 6.18 Å². The molecule has 1 saturated carbocycles. The van der Waals surface area contributed by atoms with Gasteiger partial charge < -0.3 is 5.32 Å². The molecule has 3 unspecified atom stereocenters. The van der Waals surface area contributed by atoms with Crippen molar-refractivity contribution in [2.75, 3.05) is 13.1 Å². The zero-order chi connectivity index (χ0) is 22.2. The number of rotatable bonds is 5. The maximum absolute atomic E-state index is 13.3. The van der Waals surface area contributed by atoms with Crippen LogP contribution >= 0.6 is 11.6 Å². The highest BCUT2D eigenvalue weighted by Gasteiger charge is 2.52. The van der Waals surface area contributed by atoms with Crippen LogP contribution in [0.1, 0.15) is 60.1 Å². The fourth-order valence-corrected chi connectivity index (χ4v) is 5.85. The third kappa shape index (κ3) is 4.08. The fourth-order valence-electron chi connectivity index (χ4n) is 5.53. The number of likely N-dealkylation sites (N-methyl/N-ethyl adjacent to an activating group) is 1. The largest absolute Gasteiger partial charge is 0.417 e. The van der Waals surface area contributed by atoms with E-state index in [-0.39, 0.29) is 17.1 Å². The smallest absolute Gasteiger partial charge is 0.343 e. The molecule has 1 amide bonds. The lowest BCUT2D eigenvalue weighted by atomic mass is 9.73. The van der Waals surface area contributed by atoms with Crippen LogP contribution in [0.2, 0.25) is 5.02 Å². The first kappa shape index (κ1) is 22.2. The Labute approximate surface area is 185 Å². The summed E-state index contributed by atoms with van der Waals surface area (Å²) in [6.07, 6.45) is -0.464. The van der Waals surface area contributed by atoms with Gasteiger partial charge in [-0.25, -0.2) is 0 Å². The highest BCUT2D eigenvalue weighted by atomic mass is 35.5. The van der Waals surface area contributed by atoms with Gasteiger partial charge in [0.25, 0.3) is 5.91 Å². The molecule has 2 fully saturated rings. The van der Waals surface area contributed by atoms with Gasteiger partial charge in [-0.2, -0.15) is 13.2 Å². The van der Waals surface area contributed by atoms with E-state index in [0.29, 0.717) is 5.92 Å². The Hall–Kier alpha value is -2.05. The summed E-state index contributed by atoms with van der Waals surface area (Å²) in [5, 5.41) is 2.53. The number of hydrogen-bond donors (Lipinski definition) is 1. The van der Waals surface area contributed by atoms with Gasteiger partial charge in [0.1, 0.15) is 0 Å². The molecule has 1 saturated heterocycles. The molecule has 0 radical (unpaired) electrons. The minimum absolute atomic E-state index is 0.151. The van der Waals surface area contributed by atoms with Crippen molar-refractivity contribution in [1.82, 2.24) is 10.2 Å². The molecular formula is C24H26ClF3N2O. The van der Waals surface area contributed by atoms with E-state index in [4.69, 9.17) is 11.6 Å². The molecule has 0 aromatic heterocycles. The molecule has 4 rings (SSSR count). The number of halogens is 4. The second-order valence-electron chi connectivity index (χ2n) is 8.59. The molecule has 1 heterocycles. The fraction of sp³-hybridized carbons (Fsp3) is 0.458. The van der Waals surface area contributed by atoms with Gasteiger partial charge in [0.2, 0.25) is 0 Å². The number of hydrogen-bond acceptors (Lipinski definition) is 2. The molecule has 2 bridgehead atoms. The summed E-state index contributed by atoms with van der Waals surface area (Å²) in [5.74, 6) is -0.00151. The van der Waals surface area contributed by atoms with Crippen molar-refractivity contribution in [1.29, 1.82) is 0 Å². The van der Waals surface area contributed by atoms with Gasteiger partial charge in [-0.3, -0.25) is 9.69 Å². The summed E-state index contributed by atoms with van der Waals surface area (Å²) >= 11 is 6.05. The van der Waals surface area contributed by atoms with Crippen LogP contribution in [0.4, 0.5) is 13.2 Å². The summed E-state index contributed by atoms with van der Waals surface area (Å²) < 4.78 is 39.9. The molecule has 2 aromatic carbocycles. The van der Waals surface area contributed by atoms with Crippen molar-refractivity contribution < 1.29 is 18.0 Å². The number of amides is 1. The minimum Gasteiger partial charge on any atom is -0.343 e. The van der Waals surface area contributed by atoms with Crippen LogP contribution in [0.15, 0.2) is 48.5 Å². The summed E-state index contributed by atoms with van der Waals surface area (Å²) in [6.45, 7) is 3.97. The van der Waals surface area contributed by atoms with E-state index < -0.39 is 22.7 Å². The van der Waals surface area contributed by atoms with Crippen LogP contribution in [0.5, 0.6) is 0 Å². The van der Waals surface area contributed by atoms with E-state index in [1.165, 1.54) is 18.6 Å². The molecule has 3 nitrogen and oxygen atoms in total. The van der Waals surface area contributed by atoms with Gasteiger partial charge in [0.05, 0.1) is 22.2 Å². The van der Waals surface area contributed by atoms with Gasteiger partial charge >= 0.3 is 6.18 Å². The molecule has 166 valence electrons. The summed E-state index contributed by atoms with van der Waals surface area (Å²) in [4.78, 5) is 15.7. The number of carbonyl (C=O) groups is 1. The van der Waals surface area contributed by atoms with Crippen LogP contribution < -0.4 is 5.32 Å². The highest BCUT2D eigenvalue weighted by molar-refractivity contribution is 6.34. The average molecular weight is 451 g/mol. The Bertz CT molecular complexity index is 950. The molecule has 3 atom stereocenters. The predicted molar refractivity (Wildman–Crippen MR) is 115 cm³/mol. The minimum atomic E-state index is -4.62. The maximum Gasteiger partial charge on any atom is 0.417 e. The second-order valence-corrected chi connectivity index (χ2v) is 8.96. The quantitative estimate of drug-likeness (QED) is 0.597. The molecule has 1 N–H and O–H groups in total. The first-order valence-electron chi connectivity index (χ1n) is 10.7. The van der Waals surface area contributed by atoms with Gasteiger partial charge in [-0.05, 0) is 49.4 Å². The molecule has 1 aliphatic heterocycles. The van der Waals surface area contributed by atoms with Crippen molar-refractivity contribution in [3.8, 4) is 0 Å². The third-order valence-electron chi connectivity index (χ3n) is 6.85. The van der Waals surface area contributed by atoms with E-state index >= 15 is 0 Å². The zero-order valence-electron chi connectivity index (χ0n) is 17.4. The normalized spacial score (nSPS) is 24.7. The molecule has 2 aromatic rings. The van der Waals surface area contributed by atoms with Crippen molar-refractivity contribution in [2.45, 2.75) is 50.4 Å². The lowest BCUT2D eigenvalue weighted by Gasteiger charge is -2.46. The molecule has 31 heavy (non-hydrogen) atoms. The standard InChI is InChI=1S/C24H26ClF3N2O/c1-2-30-15-16-8-7-13-23(30,14-16)21(17-9-4-3-5-10-17)29-22(31)18-11-6-12-19(20(18)25)24(26,27)28/h3-6,9-12,16,21H,2,7-8,13-15H2,1H3,(H,29,31). The number of alkyl halides is 3. The molecular weight excluding hydrogens is 425 g/mol. The lowest BCUT2D eigenvalue weighted by Crippen LogP contribution is -2.54. The van der Waals surface area contributed by atoms with E-state index in [2.05, 4.69) is 17.1 Å².